The third-order valence-electron chi connectivity index (χ3n) is 3.68. The Morgan fingerprint density at radius 2 is 1.85 bits per heavy atom. The van der Waals surface area contributed by atoms with Crippen molar-refractivity contribution in [1.82, 2.24) is 14.8 Å². The van der Waals surface area contributed by atoms with Crippen molar-refractivity contribution in [2.75, 3.05) is 11.1 Å². The van der Waals surface area contributed by atoms with E-state index in [1.165, 1.54) is 17.8 Å². The van der Waals surface area contributed by atoms with Crippen LogP contribution in [0.1, 0.15) is 5.56 Å². The minimum atomic E-state index is -1.01. The van der Waals surface area contributed by atoms with Crippen molar-refractivity contribution in [3.63, 3.8) is 0 Å². The fourth-order valence-corrected chi connectivity index (χ4v) is 3.01. The van der Waals surface area contributed by atoms with Crippen molar-refractivity contribution in [3.05, 3.63) is 59.7 Å². The van der Waals surface area contributed by atoms with E-state index >= 15 is 0 Å². The van der Waals surface area contributed by atoms with Crippen LogP contribution in [0.4, 0.5) is 14.5 Å². The molecule has 3 rings (SSSR count). The smallest absolute Gasteiger partial charge is 0.234 e. The van der Waals surface area contributed by atoms with E-state index in [4.69, 9.17) is 0 Å². The lowest BCUT2D eigenvalue weighted by molar-refractivity contribution is -0.113. The maximum Gasteiger partial charge on any atom is 0.234 e. The van der Waals surface area contributed by atoms with Gasteiger partial charge in [-0.2, -0.15) is 0 Å². The van der Waals surface area contributed by atoms with Crippen LogP contribution in [0.5, 0.6) is 0 Å². The minimum Gasteiger partial charge on any atom is -0.325 e. The molecule has 1 amide bonds. The third kappa shape index (κ3) is 4.08. The summed E-state index contributed by atoms with van der Waals surface area (Å²) in [5, 5.41) is 11.4. The van der Waals surface area contributed by atoms with Gasteiger partial charge in [0, 0.05) is 24.4 Å². The summed E-state index contributed by atoms with van der Waals surface area (Å²) >= 11 is 1.21. The molecule has 0 saturated heterocycles. The third-order valence-corrected chi connectivity index (χ3v) is 4.70. The molecular weight excluding hydrogens is 358 g/mol. The molecular formula is C18H16F2N4OS. The van der Waals surface area contributed by atoms with Crippen LogP contribution < -0.4 is 5.32 Å². The number of hydrogen-bond acceptors (Lipinski definition) is 4. The van der Waals surface area contributed by atoms with Gasteiger partial charge in [0.2, 0.25) is 5.91 Å². The van der Waals surface area contributed by atoms with Crippen molar-refractivity contribution in [1.29, 1.82) is 0 Å². The van der Waals surface area contributed by atoms with Crippen molar-refractivity contribution in [2.24, 2.45) is 7.05 Å². The lowest BCUT2D eigenvalue weighted by atomic mass is 10.1. The first-order valence-corrected chi connectivity index (χ1v) is 8.77. The van der Waals surface area contributed by atoms with Gasteiger partial charge in [-0.1, -0.05) is 41.6 Å². The van der Waals surface area contributed by atoms with E-state index in [2.05, 4.69) is 15.5 Å². The Labute approximate surface area is 153 Å². The number of carbonyl (C=O) groups excluding carboxylic acids is 1. The summed E-state index contributed by atoms with van der Waals surface area (Å²) in [5.74, 6) is -1.54. The second-order valence-corrected chi connectivity index (χ2v) is 6.64. The van der Waals surface area contributed by atoms with Gasteiger partial charge in [-0.15, -0.1) is 10.2 Å². The molecule has 0 unspecified atom stereocenters. The van der Waals surface area contributed by atoms with E-state index in [0.717, 1.165) is 23.3 Å². The zero-order valence-electron chi connectivity index (χ0n) is 14.2. The molecule has 1 N–H and O–H groups in total. The standard InChI is InChI=1S/C18H16F2N4OS/c1-11-3-5-12(6-4-11)17-22-23-18(24(17)2)26-10-16(25)21-13-7-8-14(19)15(20)9-13/h3-9H,10H2,1-2H3,(H,21,25). The molecule has 0 bridgehead atoms. The predicted octanol–water partition coefficient (Wildman–Crippen LogP) is 3.80. The first-order chi connectivity index (χ1) is 12.4. The first-order valence-electron chi connectivity index (χ1n) is 7.78. The molecule has 0 aliphatic rings. The van der Waals surface area contributed by atoms with Crippen LogP contribution in [0.3, 0.4) is 0 Å². The highest BCUT2D eigenvalue weighted by Crippen LogP contribution is 2.23. The molecule has 0 aliphatic heterocycles. The normalized spacial score (nSPS) is 10.8. The van der Waals surface area contributed by atoms with E-state index < -0.39 is 11.6 Å². The van der Waals surface area contributed by atoms with Gasteiger partial charge < -0.3 is 9.88 Å². The molecule has 134 valence electrons. The number of amides is 1. The summed E-state index contributed by atoms with van der Waals surface area (Å²) in [6, 6.07) is 11.1. The summed E-state index contributed by atoms with van der Waals surface area (Å²) < 4.78 is 27.9. The molecule has 0 atom stereocenters. The maximum atomic E-state index is 13.2. The number of carbonyl (C=O) groups is 1. The van der Waals surface area contributed by atoms with E-state index in [0.29, 0.717) is 11.0 Å². The maximum absolute atomic E-state index is 13.2. The Morgan fingerprint density at radius 1 is 1.12 bits per heavy atom. The van der Waals surface area contributed by atoms with Crippen LogP contribution in [0.2, 0.25) is 0 Å². The summed E-state index contributed by atoms with van der Waals surface area (Å²) in [6.45, 7) is 2.01. The van der Waals surface area contributed by atoms with Crippen LogP contribution in [0, 0.1) is 18.6 Å². The number of halogens is 2. The monoisotopic (exact) mass is 374 g/mol. The van der Waals surface area contributed by atoms with Crippen molar-refractivity contribution < 1.29 is 13.6 Å². The number of anilines is 1. The largest absolute Gasteiger partial charge is 0.325 e. The number of benzene rings is 2. The number of nitrogens with one attached hydrogen (secondary N) is 1. The number of thioether (sulfide) groups is 1. The molecule has 0 radical (unpaired) electrons. The number of aryl methyl sites for hydroxylation is 1. The molecule has 8 heteroatoms. The van der Waals surface area contributed by atoms with Crippen LogP contribution in [-0.2, 0) is 11.8 Å². The zero-order valence-corrected chi connectivity index (χ0v) is 15.0. The highest BCUT2D eigenvalue weighted by atomic mass is 32.2. The molecule has 0 spiro atoms. The van der Waals surface area contributed by atoms with Gasteiger partial charge in [-0.05, 0) is 19.1 Å². The van der Waals surface area contributed by atoms with Gasteiger partial charge in [-0.3, -0.25) is 4.79 Å². The quantitative estimate of drug-likeness (QED) is 0.690. The van der Waals surface area contributed by atoms with E-state index in [9.17, 15) is 13.6 Å². The summed E-state index contributed by atoms with van der Waals surface area (Å²) in [5.41, 5.74) is 2.29. The molecule has 1 heterocycles. The second kappa shape index (κ2) is 7.65. The SMILES string of the molecule is Cc1ccc(-c2nnc(SCC(=O)Nc3ccc(F)c(F)c3)n2C)cc1. The number of hydrogen-bond donors (Lipinski definition) is 1. The highest BCUT2D eigenvalue weighted by molar-refractivity contribution is 7.99. The Morgan fingerprint density at radius 3 is 2.54 bits per heavy atom. The molecule has 0 fully saturated rings. The van der Waals surface area contributed by atoms with Gasteiger partial charge in [0.25, 0.3) is 0 Å². The van der Waals surface area contributed by atoms with E-state index in [1.54, 1.807) is 4.57 Å². The molecule has 0 aliphatic carbocycles. The number of rotatable bonds is 5. The molecule has 26 heavy (non-hydrogen) atoms. The van der Waals surface area contributed by atoms with Gasteiger partial charge in [-0.25, -0.2) is 8.78 Å². The summed E-state index contributed by atoms with van der Waals surface area (Å²) in [4.78, 5) is 12.0. The molecule has 0 saturated carbocycles. The predicted molar refractivity (Wildman–Crippen MR) is 96.9 cm³/mol. The van der Waals surface area contributed by atoms with Gasteiger partial charge in [0.1, 0.15) is 0 Å². The average molecular weight is 374 g/mol. The van der Waals surface area contributed by atoms with Crippen molar-refractivity contribution >= 4 is 23.4 Å². The Balaban J connectivity index is 1.63. The molecule has 2 aromatic carbocycles. The van der Waals surface area contributed by atoms with Crippen LogP contribution in [-0.4, -0.2) is 26.4 Å². The second-order valence-electron chi connectivity index (χ2n) is 5.70. The average Bonchev–Trinajstić information content (AvgIpc) is 2.98. The van der Waals surface area contributed by atoms with Crippen LogP contribution in [0.25, 0.3) is 11.4 Å². The lowest BCUT2D eigenvalue weighted by Crippen LogP contribution is -2.14. The summed E-state index contributed by atoms with van der Waals surface area (Å²) in [7, 11) is 1.82. The number of aromatic nitrogens is 3. The molecule has 3 aromatic rings. The van der Waals surface area contributed by atoms with Crippen molar-refractivity contribution in [3.8, 4) is 11.4 Å². The minimum absolute atomic E-state index is 0.0683. The highest BCUT2D eigenvalue weighted by Gasteiger charge is 2.13. The number of nitrogens with zero attached hydrogens (tertiary/aromatic N) is 3. The van der Waals surface area contributed by atoms with Crippen LogP contribution >= 0.6 is 11.8 Å². The van der Waals surface area contributed by atoms with Crippen molar-refractivity contribution in [2.45, 2.75) is 12.1 Å². The Hall–Kier alpha value is -2.74. The van der Waals surface area contributed by atoms with Gasteiger partial charge in [0.05, 0.1) is 5.75 Å². The fraction of sp³-hybridized carbons (Fsp3) is 0.167. The van der Waals surface area contributed by atoms with Gasteiger partial charge in [0.15, 0.2) is 22.6 Å². The van der Waals surface area contributed by atoms with Crippen LogP contribution in [0.15, 0.2) is 47.6 Å². The van der Waals surface area contributed by atoms with E-state index in [-0.39, 0.29) is 17.3 Å². The van der Waals surface area contributed by atoms with Gasteiger partial charge >= 0.3 is 0 Å². The lowest BCUT2D eigenvalue weighted by Gasteiger charge is -2.06. The first kappa shape index (κ1) is 18.1. The Bertz CT molecular complexity index is 941. The Kier molecular flexibility index (Phi) is 5.32. The summed E-state index contributed by atoms with van der Waals surface area (Å²) in [6.07, 6.45) is 0. The fourth-order valence-electron chi connectivity index (χ4n) is 2.30. The molecule has 5 nitrogen and oxygen atoms in total. The molecule has 1 aromatic heterocycles. The topological polar surface area (TPSA) is 59.8 Å². The zero-order chi connectivity index (χ0) is 18.7. The van der Waals surface area contributed by atoms with E-state index in [1.807, 2.05) is 38.2 Å².